The van der Waals surface area contributed by atoms with Crippen molar-refractivity contribution in [3.8, 4) is 17.2 Å². The molecule has 0 radical (unpaired) electrons. The molecular formula is C33H37NO6. The van der Waals surface area contributed by atoms with E-state index >= 15 is 0 Å². The van der Waals surface area contributed by atoms with Crippen molar-refractivity contribution in [1.82, 2.24) is 0 Å². The lowest BCUT2D eigenvalue weighted by Gasteiger charge is -2.28. The van der Waals surface area contributed by atoms with Gasteiger partial charge in [-0.1, -0.05) is 38.0 Å². The molecule has 1 unspecified atom stereocenters. The van der Waals surface area contributed by atoms with Crippen LogP contribution in [0.25, 0.3) is 5.76 Å². The number of unbranched alkanes of at least 4 members (excludes halogenated alkanes) is 2. The average Bonchev–Trinajstić information content (AvgIpc) is 3.22. The molecule has 1 saturated heterocycles. The molecule has 1 aliphatic heterocycles. The molecule has 0 spiro atoms. The van der Waals surface area contributed by atoms with Crippen LogP contribution in [-0.2, 0) is 9.59 Å². The largest absolute Gasteiger partial charge is 0.507 e. The molecule has 1 atom stereocenters. The van der Waals surface area contributed by atoms with Crippen LogP contribution in [0.1, 0.15) is 61.4 Å². The van der Waals surface area contributed by atoms with E-state index in [1.807, 2.05) is 39.0 Å². The number of amides is 1. The number of aliphatic hydroxyl groups excluding tert-OH is 1. The summed E-state index contributed by atoms with van der Waals surface area (Å²) in [5.74, 6) is -0.0107. The first-order valence-corrected chi connectivity index (χ1v) is 13.7. The molecule has 0 saturated carbocycles. The predicted molar refractivity (Wildman–Crippen MR) is 156 cm³/mol. The Bertz CT molecular complexity index is 1410. The molecule has 1 amide bonds. The highest BCUT2D eigenvalue weighted by atomic mass is 16.5. The zero-order valence-corrected chi connectivity index (χ0v) is 23.8. The maximum absolute atomic E-state index is 13.6. The van der Waals surface area contributed by atoms with E-state index in [1.54, 1.807) is 49.6 Å². The maximum Gasteiger partial charge on any atom is 0.300 e. The number of anilines is 1. The van der Waals surface area contributed by atoms with Gasteiger partial charge in [0.05, 0.1) is 31.9 Å². The van der Waals surface area contributed by atoms with Gasteiger partial charge in [-0.25, -0.2) is 0 Å². The smallest absolute Gasteiger partial charge is 0.300 e. The van der Waals surface area contributed by atoms with Crippen LogP contribution in [0.3, 0.4) is 0 Å². The topological polar surface area (TPSA) is 85.3 Å². The Morgan fingerprint density at radius 2 is 1.68 bits per heavy atom. The van der Waals surface area contributed by atoms with E-state index in [1.165, 1.54) is 4.90 Å². The van der Waals surface area contributed by atoms with Crippen LogP contribution in [0.2, 0.25) is 0 Å². The minimum absolute atomic E-state index is 0.00938. The zero-order chi connectivity index (χ0) is 28.8. The molecule has 0 bridgehead atoms. The summed E-state index contributed by atoms with van der Waals surface area (Å²) in [6.07, 6.45) is 3.17. The summed E-state index contributed by atoms with van der Waals surface area (Å²) in [4.78, 5) is 28.7. The van der Waals surface area contributed by atoms with Crippen molar-refractivity contribution in [2.75, 3.05) is 25.2 Å². The number of carbonyl (C=O) groups is 2. The molecule has 1 aliphatic rings. The third-order valence-corrected chi connectivity index (χ3v) is 7.23. The third-order valence-electron chi connectivity index (χ3n) is 7.23. The van der Waals surface area contributed by atoms with E-state index in [0.717, 1.165) is 30.4 Å². The van der Waals surface area contributed by atoms with Crippen LogP contribution < -0.4 is 19.1 Å². The first-order chi connectivity index (χ1) is 19.3. The Hall–Kier alpha value is -4.26. The normalized spacial score (nSPS) is 16.3. The highest BCUT2D eigenvalue weighted by Crippen LogP contribution is 2.45. The first kappa shape index (κ1) is 28.7. The van der Waals surface area contributed by atoms with E-state index in [0.29, 0.717) is 47.3 Å². The van der Waals surface area contributed by atoms with Crippen LogP contribution in [0, 0.1) is 13.8 Å². The minimum atomic E-state index is -0.879. The molecule has 1 fully saturated rings. The van der Waals surface area contributed by atoms with Crippen molar-refractivity contribution in [3.63, 3.8) is 0 Å². The van der Waals surface area contributed by atoms with Gasteiger partial charge >= 0.3 is 0 Å². The molecule has 1 heterocycles. The fourth-order valence-corrected chi connectivity index (χ4v) is 4.93. The lowest BCUT2D eigenvalue weighted by molar-refractivity contribution is -0.132. The lowest BCUT2D eigenvalue weighted by atomic mass is 9.94. The van der Waals surface area contributed by atoms with Crippen molar-refractivity contribution in [1.29, 1.82) is 0 Å². The standard InChI is InChI=1S/C33H37NO6/c1-6-8-9-19-40-25-16-13-23(14-17-25)31(35)29-30(24-15-18-27(38-5)28(20-24)39-7-2)34(33(37)32(29)36)26-12-10-11-21(3)22(26)4/h10-18,20,30,35H,6-9,19H2,1-5H3/b31-29+. The van der Waals surface area contributed by atoms with Gasteiger partial charge in [-0.2, -0.15) is 0 Å². The summed E-state index contributed by atoms with van der Waals surface area (Å²) in [6, 6.07) is 17.0. The van der Waals surface area contributed by atoms with Crippen LogP contribution in [-0.4, -0.2) is 37.1 Å². The number of nitrogens with zero attached hydrogens (tertiary/aromatic N) is 1. The highest BCUT2D eigenvalue weighted by Gasteiger charge is 2.47. The number of aryl methyl sites for hydroxylation is 1. The second-order valence-electron chi connectivity index (χ2n) is 9.81. The fourth-order valence-electron chi connectivity index (χ4n) is 4.93. The van der Waals surface area contributed by atoms with Crippen LogP contribution >= 0.6 is 0 Å². The Kier molecular flexibility index (Phi) is 9.15. The summed E-state index contributed by atoms with van der Waals surface area (Å²) in [7, 11) is 1.55. The Morgan fingerprint density at radius 3 is 2.35 bits per heavy atom. The molecule has 4 rings (SSSR count). The number of rotatable bonds is 11. The van der Waals surface area contributed by atoms with Gasteiger partial charge in [-0.05, 0) is 86.3 Å². The molecule has 3 aromatic carbocycles. The Labute approximate surface area is 236 Å². The van der Waals surface area contributed by atoms with Crippen molar-refractivity contribution in [2.45, 2.75) is 53.0 Å². The summed E-state index contributed by atoms with van der Waals surface area (Å²) in [5, 5.41) is 11.5. The molecule has 3 aromatic rings. The minimum Gasteiger partial charge on any atom is -0.507 e. The SMILES string of the molecule is CCCCCOc1ccc(/C(O)=C2\C(=O)C(=O)N(c3cccc(C)c3C)C2c2ccc(OC)c(OCC)c2)cc1. The van der Waals surface area contributed by atoms with Gasteiger partial charge in [-0.15, -0.1) is 0 Å². The zero-order valence-electron chi connectivity index (χ0n) is 23.8. The molecule has 0 aliphatic carbocycles. The summed E-state index contributed by atoms with van der Waals surface area (Å²) in [5.41, 5.74) is 3.51. The second kappa shape index (κ2) is 12.7. The highest BCUT2D eigenvalue weighted by molar-refractivity contribution is 6.51. The number of benzene rings is 3. The Morgan fingerprint density at radius 1 is 0.925 bits per heavy atom. The monoisotopic (exact) mass is 543 g/mol. The van der Waals surface area contributed by atoms with Gasteiger partial charge in [0.2, 0.25) is 0 Å². The number of ketones is 1. The molecular weight excluding hydrogens is 506 g/mol. The molecule has 7 nitrogen and oxygen atoms in total. The van der Waals surface area contributed by atoms with Crippen molar-refractivity contribution in [3.05, 3.63) is 88.5 Å². The van der Waals surface area contributed by atoms with Gasteiger partial charge < -0.3 is 19.3 Å². The predicted octanol–water partition coefficient (Wildman–Crippen LogP) is 6.91. The van der Waals surface area contributed by atoms with Gasteiger partial charge in [-0.3, -0.25) is 14.5 Å². The van der Waals surface area contributed by atoms with Crippen molar-refractivity contribution >= 4 is 23.1 Å². The van der Waals surface area contributed by atoms with Gasteiger partial charge in [0.15, 0.2) is 11.5 Å². The number of carbonyl (C=O) groups excluding carboxylic acids is 2. The number of methoxy groups -OCH3 is 1. The van der Waals surface area contributed by atoms with Crippen LogP contribution in [0.15, 0.2) is 66.2 Å². The third kappa shape index (κ3) is 5.69. The van der Waals surface area contributed by atoms with Crippen LogP contribution in [0.5, 0.6) is 17.2 Å². The maximum atomic E-state index is 13.6. The van der Waals surface area contributed by atoms with E-state index in [2.05, 4.69) is 6.92 Å². The fraction of sp³-hybridized carbons (Fsp3) is 0.333. The number of hydrogen-bond donors (Lipinski definition) is 1. The molecule has 7 heteroatoms. The van der Waals surface area contributed by atoms with Crippen LogP contribution in [0.4, 0.5) is 5.69 Å². The van der Waals surface area contributed by atoms with Crippen molar-refractivity contribution < 1.29 is 28.9 Å². The molecule has 210 valence electrons. The summed E-state index contributed by atoms with van der Waals surface area (Å²) >= 11 is 0. The van der Waals surface area contributed by atoms with Crippen molar-refractivity contribution in [2.24, 2.45) is 0 Å². The van der Waals surface area contributed by atoms with E-state index in [-0.39, 0.29) is 11.3 Å². The molecule has 0 aromatic heterocycles. The number of aliphatic hydroxyl groups is 1. The summed E-state index contributed by atoms with van der Waals surface area (Å²) in [6.45, 7) is 8.89. The number of hydrogen-bond acceptors (Lipinski definition) is 6. The van der Waals surface area contributed by atoms with Gasteiger partial charge in [0, 0.05) is 11.3 Å². The lowest BCUT2D eigenvalue weighted by Crippen LogP contribution is -2.30. The van der Waals surface area contributed by atoms with Gasteiger partial charge in [0.25, 0.3) is 11.7 Å². The molecule has 40 heavy (non-hydrogen) atoms. The first-order valence-electron chi connectivity index (χ1n) is 13.7. The Balaban J connectivity index is 1.84. The quantitative estimate of drug-likeness (QED) is 0.122. The number of ether oxygens (including phenoxy) is 3. The molecule has 1 N–H and O–H groups in total. The summed E-state index contributed by atoms with van der Waals surface area (Å²) < 4.78 is 17.1. The average molecular weight is 544 g/mol. The number of Topliss-reactive ketones (excluding diaryl/α,β-unsaturated/α-hetero) is 1. The van der Waals surface area contributed by atoms with E-state index in [4.69, 9.17) is 14.2 Å². The van der Waals surface area contributed by atoms with Gasteiger partial charge in [0.1, 0.15) is 11.5 Å². The van der Waals surface area contributed by atoms with E-state index < -0.39 is 17.7 Å². The second-order valence-corrected chi connectivity index (χ2v) is 9.81. The van der Waals surface area contributed by atoms with E-state index in [9.17, 15) is 14.7 Å².